The van der Waals surface area contributed by atoms with Crippen LogP contribution in [0.1, 0.15) is 35.1 Å². The van der Waals surface area contributed by atoms with Crippen LogP contribution >= 0.6 is 11.6 Å². The van der Waals surface area contributed by atoms with Crippen molar-refractivity contribution in [3.8, 4) is 0 Å². The molecule has 1 unspecified atom stereocenters. The lowest BCUT2D eigenvalue weighted by molar-refractivity contribution is 0.216. The van der Waals surface area contributed by atoms with E-state index < -0.39 is 0 Å². The van der Waals surface area contributed by atoms with Crippen LogP contribution in [0.25, 0.3) is 0 Å². The van der Waals surface area contributed by atoms with Gasteiger partial charge in [-0.05, 0) is 108 Å². The van der Waals surface area contributed by atoms with Gasteiger partial charge < -0.3 is 14.5 Å². The van der Waals surface area contributed by atoms with Gasteiger partial charge in [0.05, 0.1) is 12.7 Å². The first-order chi connectivity index (χ1) is 17.1. The van der Waals surface area contributed by atoms with Gasteiger partial charge in [0.15, 0.2) is 0 Å². The Bertz CT molecular complexity index is 1150. The van der Waals surface area contributed by atoms with E-state index in [2.05, 4.69) is 57.9 Å². The average molecular weight is 514 g/mol. The van der Waals surface area contributed by atoms with Crippen molar-refractivity contribution in [2.75, 3.05) is 38.8 Å². The molecule has 1 fully saturated rings. The van der Waals surface area contributed by atoms with Gasteiger partial charge in [0.1, 0.15) is 5.82 Å². The Hall–Kier alpha value is -2.61. The number of nitrogens with one attached hydrogen (secondary N) is 1. The zero-order chi connectivity index (χ0) is 26.0. The number of ether oxygens (including phenoxy) is 1. The summed E-state index contributed by atoms with van der Waals surface area (Å²) in [7, 11) is 4.21. The van der Waals surface area contributed by atoms with Crippen molar-refractivity contribution in [2.45, 2.75) is 52.1 Å². The van der Waals surface area contributed by atoms with E-state index in [9.17, 15) is 0 Å². The Kier molecular flexibility index (Phi) is 8.23. The van der Waals surface area contributed by atoms with Crippen molar-refractivity contribution < 1.29 is 9.13 Å². The van der Waals surface area contributed by atoms with E-state index in [1.54, 1.807) is 6.07 Å². The molecular formula is C28H37ClFN5O. The molecule has 4 rings (SSSR count). The first-order valence-corrected chi connectivity index (χ1v) is 12.9. The minimum absolute atomic E-state index is 0.209. The summed E-state index contributed by atoms with van der Waals surface area (Å²) in [4.78, 5) is 7.01. The molecule has 1 N–H and O–H groups in total. The number of rotatable bonds is 8. The van der Waals surface area contributed by atoms with Crippen LogP contribution in [0.3, 0.4) is 0 Å². The zero-order valence-corrected chi connectivity index (χ0v) is 22.7. The van der Waals surface area contributed by atoms with Crippen LogP contribution in [-0.2, 0) is 11.2 Å². The molecule has 0 radical (unpaired) electrons. The largest absolute Gasteiger partial charge is 0.423 e. The summed E-state index contributed by atoms with van der Waals surface area (Å²) in [6.45, 7) is 12.6. The van der Waals surface area contributed by atoms with E-state index in [1.807, 2.05) is 33.0 Å². The molecule has 0 bridgehead atoms. The minimum Gasteiger partial charge on any atom is -0.423 e. The smallest absolute Gasteiger partial charge is 0.231 e. The van der Waals surface area contributed by atoms with E-state index in [4.69, 9.17) is 16.3 Å². The van der Waals surface area contributed by atoms with E-state index >= 15 is 4.39 Å². The highest BCUT2D eigenvalue weighted by molar-refractivity contribution is 6.30. The fourth-order valence-electron chi connectivity index (χ4n) is 5.07. The number of aryl methyl sites for hydroxylation is 2. The van der Waals surface area contributed by atoms with Crippen molar-refractivity contribution in [1.29, 1.82) is 0 Å². The van der Waals surface area contributed by atoms with Crippen molar-refractivity contribution in [3.63, 3.8) is 0 Å². The molecule has 2 aliphatic rings. The van der Waals surface area contributed by atoms with Crippen LogP contribution in [0.15, 0.2) is 47.9 Å². The molecule has 6 nitrogen and oxygen atoms in total. The Balaban J connectivity index is 1.67. The molecule has 0 aromatic heterocycles. The summed E-state index contributed by atoms with van der Waals surface area (Å²) < 4.78 is 20.9. The molecule has 2 heterocycles. The van der Waals surface area contributed by atoms with Gasteiger partial charge >= 0.3 is 0 Å². The van der Waals surface area contributed by atoms with Gasteiger partial charge in [-0.3, -0.25) is 4.90 Å². The van der Waals surface area contributed by atoms with E-state index in [0.717, 1.165) is 42.7 Å². The van der Waals surface area contributed by atoms with Crippen LogP contribution < -0.4 is 10.3 Å². The number of halogens is 2. The number of anilines is 1. The van der Waals surface area contributed by atoms with Crippen molar-refractivity contribution in [2.24, 2.45) is 5.10 Å². The number of nitrogens with zero attached hydrogens (tertiary/aromatic N) is 4. The predicted molar refractivity (Wildman–Crippen MR) is 146 cm³/mol. The molecule has 36 heavy (non-hydrogen) atoms. The van der Waals surface area contributed by atoms with Crippen LogP contribution in [0.5, 0.6) is 0 Å². The lowest BCUT2D eigenvalue weighted by Crippen LogP contribution is -2.52. The first-order valence-electron chi connectivity index (χ1n) is 12.5. The molecular weight excluding hydrogens is 477 g/mol. The number of hydrogen-bond donors (Lipinski definition) is 1. The molecule has 2 aromatic carbocycles. The maximum Gasteiger partial charge on any atom is 0.231 e. The van der Waals surface area contributed by atoms with Crippen molar-refractivity contribution in [1.82, 2.24) is 15.2 Å². The fraction of sp³-hybridized carbons (Fsp3) is 0.464. The highest BCUT2D eigenvalue weighted by Gasteiger charge is 2.32. The lowest BCUT2D eigenvalue weighted by atomic mass is 9.96. The highest BCUT2D eigenvalue weighted by atomic mass is 35.5. The molecule has 1 saturated heterocycles. The van der Waals surface area contributed by atoms with Gasteiger partial charge in [-0.2, -0.15) is 0 Å². The molecule has 0 spiro atoms. The van der Waals surface area contributed by atoms with E-state index in [-0.39, 0.29) is 11.9 Å². The third-order valence-corrected chi connectivity index (χ3v) is 7.77. The highest BCUT2D eigenvalue weighted by Crippen LogP contribution is 2.30. The third kappa shape index (κ3) is 5.85. The summed E-state index contributed by atoms with van der Waals surface area (Å²) in [5.74, 6) is 0.663. The summed E-state index contributed by atoms with van der Waals surface area (Å²) in [5, 5.41) is 5.10. The summed E-state index contributed by atoms with van der Waals surface area (Å²) >= 11 is 6.45. The number of piperidine rings is 1. The number of likely N-dealkylation sites (N-methyl/N-ethyl adjacent to an activating group) is 1. The Morgan fingerprint density at radius 1 is 1.19 bits per heavy atom. The number of likely N-dealkylation sites (tertiary alicyclic amines) is 1. The normalized spacial score (nSPS) is 17.7. The Labute approximate surface area is 219 Å². The molecule has 2 aliphatic heterocycles. The summed E-state index contributed by atoms with van der Waals surface area (Å²) in [6.07, 6.45) is 2.55. The van der Waals surface area contributed by atoms with Gasteiger partial charge in [-0.25, -0.2) is 9.82 Å². The standard InChI is InChI=1S/C28H37ClFN5O/c1-18-8-10-25(30)24(20(18)3)16-27(28-32-31-21(4)36-28)34(6)17-35(23-11-13-33(5)14-12-23)26-15-22(29)9-7-19(26)2/h7-10,15,23,27,31H,4,11-14,16-17H2,1-3,5-6H3. The molecule has 0 aliphatic carbocycles. The molecule has 8 heteroatoms. The monoisotopic (exact) mass is 513 g/mol. The fourth-order valence-corrected chi connectivity index (χ4v) is 5.24. The predicted octanol–water partition coefficient (Wildman–Crippen LogP) is 5.21. The zero-order valence-electron chi connectivity index (χ0n) is 21.9. The third-order valence-electron chi connectivity index (χ3n) is 7.53. The quantitative estimate of drug-likeness (QED) is 0.491. The van der Waals surface area contributed by atoms with Gasteiger partial charge in [0.2, 0.25) is 11.8 Å². The van der Waals surface area contributed by atoms with Crippen molar-refractivity contribution in [3.05, 3.63) is 75.9 Å². The Morgan fingerprint density at radius 3 is 2.56 bits per heavy atom. The maximum atomic E-state index is 15.0. The number of benzene rings is 2. The second-order valence-electron chi connectivity index (χ2n) is 10.1. The van der Waals surface area contributed by atoms with Gasteiger partial charge in [0.25, 0.3) is 0 Å². The van der Waals surface area contributed by atoms with Gasteiger partial charge in [-0.1, -0.05) is 23.7 Å². The molecule has 194 valence electrons. The second kappa shape index (κ2) is 11.2. The topological polar surface area (TPSA) is 43.3 Å². The van der Waals surface area contributed by atoms with Crippen LogP contribution in [0.4, 0.5) is 10.1 Å². The SMILES string of the molecule is C=C1NN=C(C(Cc2c(F)ccc(C)c2C)N(C)CN(c2cc(Cl)ccc2C)C2CCN(C)CC2)O1. The van der Waals surface area contributed by atoms with Gasteiger partial charge in [-0.15, -0.1) is 5.10 Å². The lowest BCUT2D eigenvalue weighted by Gasteiger charge is -2.42. The summed E-state index contributed by atoms with van der Waals surface area (Å²) in [5.41, 5.74) is 7.81. The molecule has 2 aromatic rings. The second-order valence-corrected chi connectivity index (χ2v) is 10.5. The molecule has 1 atom stereocenters. The number of hydrazone groups is 1. The van der Waals surface area contributed by atoms with E-state index in [1.165, 1.54) is 5.56 Å². The minimum atomic E-state index is -0.292. The van der Waals surface area contributed by atoms with Crippen molar-refractivity contribution >= 4 is 23.2 Å². The Morgan fingerprint density at radius 2 is 1.89 bits per heavy atom. The maximum absolute atomic E-state index is 15.0. The van der Waals surface area contributed by atoms with E-state index in [0.29, 0.717) is 41.5 Å². The molecule has 0 amide bonds. The van der Waals surface area contributed by atoms with Crippen LogP contribution in [0, 0.1) is 26.6 Å². The average Bonchev–Trinajstić information content (AvgIpc) is 3.28. The van der Waals surface area contributed by atoms with Gasteiger partial charge in [0, 0.05) is 23.2 Å². The summed E-state index contributed by atoms with van der Waals surface area (Å²) in [6, 6.07) is 9.49. The first kappa shape index (κ1) is 26.5. The molecule has 0 saturated carbocycles. The number of hydrogen-bond acceptors (Lipinski definition) is 6. The van der Waals surface area contributed by atoms with Crippen LogP contribution in [-0.4, -0.2) is 61.6 Å². The van der Waals surface area contributed by atoms with Crippen LogP contribution in [0.2, 0.25) is 5.02 Å².